The van der Waals surface area contributed by atoms with Crippen molar-refractivity contribution >= 4 is 11.4 Å². The standard InChI is InChI=1S/C31H32N2/c1-4-24(20-23-13-6-5-7-14-23)29-21-25(31(32)28-16-10-11-17-30(28)33-3)18-19-27(29)26-15-9-8-12-22(26)2/h5-19,21,24,32-33H,4,20H2,1-3H3. The summed E-state index contributed by atoms with van der Waals surface area (Å²) in [4.78, 5) is 0. The van der Waals surface area contributed by atoms with Crippen molar-refractivity contribution in [3.63, 3.8) is 0 Å². The van der Waals surface area contributed by atoms with Gasteiger partial charge in [-0.2, -0.15) is 0 Å². The van der Waals surface area contributed by atoms with Gasteiger partial charge in [-0.3, -0.25) is 5.41 Å². The van der Waals surface area contributed by atoms with Crippen molar-refractivity contribution < 1.29 is 0 Å². The number of nitrogens with one attached hydrogen (secondary N) is 2. The number of para-hydroxylation sites is 1. The first-order chi connectivity index (χ1) is 16.1. The molecule has 166 valence electrons. The predicted octanol–water partition coefficient (Wildman–Crippen LogP) is 7.86. The Morgan fingerprint density at radius 3 is 2.24 bits per heavy atom. The molecule has 2 nitrogen and oxygen atoms in total. The van der Waals surface area contributed by atoms with Crippen molar-refractivity contribution in [1.82, 2.24) is 0 Å². The summed E-state index contributed by atoms with van der Waals surface area (Å²) in [5.74, 6) is 0.370. The Hall–Kier alpha value is -3.65. The molecule has 0 fully saturated rings. The van der Waals surface area contributed by atoms with E-state index in [9.17, 15) is 0 Å². The maximum Gasteiger partial charge on any atom is 0.0705 e. The summed E-state index contributed by atoms with van der Waals surface area (Å²) in [6.07, 6.45) is 2.03. The van der Waals surface area contributed by atoms with E-state index in [-0.39, 0.29) is 0 Å². The second-order valence-electron chi connectivity index (χ2n) is 8.58. The summed E-state index contributed by atoms with van der Waals surface area (Å²) in [5.41, 5.74) is 9.89. The lowest BCUT2D eigenvalue weighted by Crippen LogP contribution is -2.09. The molecule has 1 unspecified atom stereocenters. The minimum Gasteiger partial charge on any atom is -0.388 e. The van der Waals surface area contributed by atoms with Gasteiger partial charge in [-0.15, -0.1) is 0 Å². The van der Waals surface area contributed by atoms with Gasteiger partial charge in [-0.05, 0) is 65.6 Å². The number of rotatable bonds is 8. The van der Waals surface area contributed by atoms with Crippen molar-refractivity contribution in [3.8, 4) is 11.1 Å². The summed E-state index contributed by atoms with van der Waals surface area (Å²) in [6.45, 7) is 4.44. The molecule has 0 saturated heterocycles. The lowest BCUT2D eigenvalue weighted by molar-refractivity contribution is 0.661. The van der Waals surface area contributed by atoms with Crippen LogP contribution in [0.1, 0.15) is 47.1 Å². The van der Waals surface area contributed by atoms with E-state index >= 15 is 0 Å². The molecule has 33 heavy (non-hydrogen) atoms. The second kappa shape index (κ2) is 10.3. The third-order valence-electron chi connectivity index (χ3n) is 6.50. The van der Waals surface area contributed by atoms with Crippen LogP contribution in [0.3, 0.4) is 0 Å². The van der Waals surface area contributed by atoms with Gasteiger partial charge in [0.2, 0.25) is 0 Å². The number of hydrogen-bond donors (Lipinski definition) is 2. The first kappa shape index (κ1) is 22.5. The zero-order valence-corrected chi connectivity index (χ0v) is 19.7. The van der Waals surface area contributed by atoms with Crippen LogP contribution in [-0.4, -0.2) is 12.8 Å². The summed E-state index contributed by atoms with van der Waals surface area (Å²) in [5, 5.41) is 12.2. The Morgan fingerprint density at radius 2 is 1.52 bits per heavy atom. The van der Waals surface area contributed by atoms with Gasteiger partial charge in [0.1, 0.15) is 0 Å². The Morgan fingerprint density at radius 1 is 0.818 bits per heavy atom. The zero-order valence-electron chi connectivity index (χ0n) is 19.7. The molecule has 0 aliphatic heterocycles. The van der Waals surface area contributed by atoms with Crippen LogP contribution in [0.25, 0.3) is 11.1 Å². The molecule has 0 amide bonds. The van der Waals surface area contributed by atoms with Gasteiger partial charge in [-0.25, -0.2) is 0 Å². The lowest BCUT2D eigenvalue weighted by Gasteiger charge is -2.22. The van der Waals surface area contributed by atoms with Crippen LogP contribution in [0.5, 0.6) is 0 Å². The quantitative estimate of drug-likeness (QED) is 0.273. The minimum atomic E-state index is 0.370. The number of hydrogen-bond acceptors (Lipinski definition) is 2. The van der Waals surface area contributed by atoms with Crippen LogP contribution in [0, 0.1) is 12.3 Å². The first-order valence-electron chi connectivity index (χ1n) is 11.7. The predicted molar refractivity (Wildman–Crippen MR) is 142 cm³/mol. The van der Waals surface area contributed by atoms with Crippen LogP contribution in [0.15, 0.2) is 97.1 Å². The molecule has 0 aromatic heterocycles. The molecule has 0 spiro atoms. The summed E-state index contributed by atoms with van der Waals surface area (Å²) >= 11 is 0. The van der Waals surface area contributed by atoms with Crippen LogP contribution >= 0.6 is 0 Å². The highest BCUT2D eigenvalue weighted by Crippen LogP contribution is 2.36. The second-order valence-corrected chi connectivity index (χ2v) is 8.58. The van der Waals surface area contributed by atoms with Gasteiger partial charge >= 0.3 is 0 Å². The fourth-order valence-electron chi connectivity index (χ4n) is 4.62. The Balaban J connectivity index is 1.83. The van der Waals surface area contributed by atoms with E-state index in [1.165, 1.54) is 27.8 Å². The summed E-state index contributed by atoms with van der Waals surface area (Å²) < 4.78 is 0. The van der Waals surface area contributed by atoms with Crippen LogP contribution in [-0.2, 0) is 6.42 Å². The van der Waals surface area contributed by atoms with Crippen molar-refractivity contribution in [2.24, 2.45) is 0 Å². The van der Waals surface area contributed by atoms with Crippen molar-refractivity contribution in [2.75, 3.05) is 12.4 Å². The molecule has 0 aliphatic rings. The number of anilines is 1. The number of benzene rings is 4. The molecule has 0 heterocycles. The molecule has 2 N–H and O–H groups in total. The topological polar surface area (TPSA) is 35.9 Å². The molecule has 2 heteroatoms. The van der Waals surface area contributed by atoms with Crippen LogP contribution in [0.4, 0.5) is 5.69 Å². The lowest BCUT2D eigenvalue weighted by atomic mass is 9.82. The molecule has 0 saturated carbocycles. The van der Waals surface area contributed by atoms with Crippen molar-refractivity contribution in [3.05, 3.63) is 125 Å². The maximum absolute atomic E-state index is 9.01. The first-order valence-corrected chi connectivity index (χ1v) is 11.7. The highest BCUT2D eigenvalue weighted by atomic mass is 14.8. The fraction of sp³-hybridized carbons (Fsp3) is 0.194. The van der Waals surface area contributed by atoms with Gasteiger partial charge in [0.25, 0.3) is 0 Å². The molecule has 0 bridgehead atoms. The molecule has 4 aromatic carbocycles. The van der Waals surface area contributed by atoms with E-state index in [2.05, 4.69) is 92.0 Å². The molecular weight excluding hydrogens is 400 g/mol. The third-order valence-corrected chi connectivity index (χ3v) is 6.50. The Bertz CT molecular complexity index is 1240. The fourth-order valence-corrected chi connectivity index (χ4v) is 4.62. The van der Waals surface area contributed by atoms with E-state index in [0.29, 0.717) is 11.6 Å². The Labute approximate surface area is 197 Å². The summed E-state index contributed by atoms with van der Waals surface area (Å²) in [7, 11) is 1.91. The average molecular weight is 433 g/mol. The summed E-state index contributed by atoms with van der Waals surface area (Å²) in [6, 6.07) is 34.0. The molecule has 4 aromatic rings. The Kier molecular flexibility index (Phi) is 7.04. The molecular formula is C31H32N2. The molecule has 1 atom stereocenters. The third kappa shape index (κ3) is 4.90. The van der Waals surface area contributed by atoms with Gasteiger partial charge < -0.3 is 5.32 Å². The van der Waals surface area contributed by atoms with Crippen molar-refractivity contribution in [2.45, 2.75) is 32.6 Å². The van der Waals surface area contributed by atoms with Gasteiger partial charge in [-0.1, -0.05) is 91.9 Å². The zero-order chi connectivity index (χ0) is 23.2. The van der Waals surface area contributed by atoms with Crippen LogP contribution < -0.4 is 5.32 Å². The molecule has 0 radical (unpaired) electrons. The largest absolute Gasteiger partial charge is 0.388 e. The highest BCUT2D eigenvalue weighted by Gasteiger charge is 2.19. The molecule has 4 rings (SSSR count). The van der Waals surface area contributed by atoms with E-state index in [0.717, 1.165) is 29.7 Å². The van der Waals surface area contributed by atoms with E-state index in [1.807, 2.05) is 31.3 Å². The average Bonchev–Trinajstić information content (AvgIpc) is 2.87. The van der Waals surface area contributed by atoms with Gasteiger partial charge in [0.05, 0.1) is 5.71 Å². The normalized spacial score (nSPS) is 11.7. The van der Waals surface area contributed by atoms with Crippen LogP contribution in [0.2, 0.25) is 0 Å². The smallest absolute Gasteiger partial charge is 0.0705 e. The van der Waals surface area contributed by atoms with Gasteiger partial charge in [0.15, 0.2) is 0 Å². The van der Waals surface area contributed by atoms with Crippen molar-refractivity contribution in [1.29, 1.82) is 5.41 Å². The van der Waals surface area contributed by atoms with Gasteiger partial charge in [0, 0.05) is 23.9 Å². The van der Waals surface area contributed by atoms with E-state index in [1.54, 1.807) is 0 Å². The van der Waals surface area contributed by atoms with E-state index < -0.39 is 0 Å². The molecule has 0 aliphatic carbocycles. The SMILES string of the molecule is CCC(Cc1ccccc1)c1cc(C(=N)c2ccccc2NC)ccc1-c1ccccc1C. The monoisotopic (exact) mass is 432 g/mol. The highest BCUT2D eigenvalue weighted by molar-refractivity contribution is 6.14. The maximum atomic E-state index is 9.01. The number of aryl methyl sites for hydroxylation is 1. The van der Waals surface area contributed by atoms with E-state index in [4.69, 9.17) is 5.41 Å². The minimum absolute atomic E-state index is 0.370.